The second-order valence-corrected chi connectivity index (χ2v) is 5.83. The van der Waals surface area contributed by atoms with Crippen molar-refractivity contribution in [2.45, 2.75) is 33.0 Å². The summed E-state index contributed by atoms with van der Waals surface area (Å²) in [5.41, 5.74) is 0. The number of ether oxygens (including phenoxy) is 1. The first-order valence-corrected chi connectivity index (χ1v) is 7.80. The van der Waals surface area contributed by atoms with Gasteiger partial charge in [0.05, 0.1) is 6.54 Å². The molecule has 1 aromatic heterocycles. The Hall–Kier alpha value is -1.35. The van der Waals surface area contributed by atoms with Crippen molar-refractivity contribution in [1.82, 2.24) is 15.6 Å². The van der Waals surface area contributed by atoms with Crippen molar-refractivity contribution < 1.29 is 17.9 Å². The van der Waals surface area contributed by atoms with Crippen molar-refractivity contribution in [3.63, 3.8) is 0 Å². The van der Waals surface area contributed by atoms with E-state index in [-0.39, 0.29) is 6.61 Å². The third kappa shape index (κ3) is 8.83. The van der Waals surface area contributed by atoms with Crippen LogP contribution in [0.15, 0.2) is 11.2 Å². The Morgan fingerprint density at radius 1 is 1.41 bits per heavy atom. The molecule has 1 heterocycles. The van der Waals surface area contributed by atoms with Gasteiger partial charge in [0.2, 0.25) is 0 Å². The highest BCUT2D eigenvalue weighted by atomic mass is 32.1. The van der Waals surface area contributed by atoms with Gasteiger partial charge >= 0.3 is 6.18 Å². The Labute approximate surface area is 132 Å². The van der Waals surface area contributed by atoms with Crippen LogP contribution in [-0.2, 0) is 11.3 Å². The highest BCUT2D eigenvalue weighted by molar-refractivity contribution is 7.11. The lowest BCUT2D eigenvalue weighted by Gasteiger charge is -2.11. The molecule has 0 spiro atoms. The van der Waals surface area contributed by atoms with E-state index < -0.39 is 12.8 Å². The minimum absolute atomic E-state index is 0.0532. The van der Waals surface area contributed by atoms with Gasteiger partial charge in [-0.25, -0.2) is 9.98 Å². The summed E-state index contributed by atoms with van der Waals surface area (Å²) >= 11 is 1.58. The molecule has 0 aromatic carbocycles. The van der Waals surface area contributed by atoms with Gasteiger partial charge in [0, 0.05) is 30.8 Å². The summed E-state index contributed by atoms with van der Waals surface area (Å²) in [7, 11) is 0. The largest absolute Gasteiger partial charge is 0.411 e. The van der Waals surface area contributed by atoms with Crippen LogP contribution in [0.3, 0.4) is 0 Å². The molecule has 2 N–H and O–H groups in total. The predicted molar refractivity (Wildman–Crippen MR) is 81.2 cm³/mol. The lowest BCUT2D eigenvalue weighted by molar-refractivity contribution is -0.173. The van der Waals surface area contributed by atoms with Gasteiger partial charge in [-0.15, -0.1) is 11.3 Å². The molecule has 0 saturated heterocycles. The minimum Gasteiger partial charge on any atom is -0.372 e. The van der Waals surface area contributed by atoms with Crippen molar-refractivity contribution in [3.8, 4) is 0 Å². The van der Waals surface area contributed by atoms with E-state index in [1.54, 1.807) is 17.5 Å². The van der Waals surface area contributed by atoms with Gasteiger partial charge in [-0.3, -0.25) is 0 Å². The lowest BCUT2D eigenvalue weighted by Crippen LogP contribution is -2.38. The molecule has 0 bridgehead atoms. The number of thiazole rings is 1. The van der Waals surface area contributed by atoms with Crippen LogP contribution < -0.4 is 10.6 Å². The third-order valence-corrected chi connectivity index (χ3v) is 3.31. The standard InChI is InChI=1S/C13H21F3N4OS/c1-3-17-12(20-8-11-19-7-10(2)22-11)18-5-4-6-21-9-13(14,15)16/h7H,3-6,8-9H2,1-2H3,(H2,17,18,20). The van der Waals surface area contributed by atoms with E-state index >= 15 is 0 Å². The average Bonchev–Trinajstić information content (AvgIpc) is 2.84. The first kappa shape index (κ1) is 18.7. The van der Waals surface area contributed by atoms with Gasteiger partial charge in [-0.2, -0.15) is 13.2 Å². The number of rotatable bonds is 8. The third-order valence-electron chi connectivity index (χ3n) is 2.41. The molecule has 0 saturated carbocycles. The summed E-state index contributed by atoms with van der Waals surface area (Å²) in [6.07, 6.45) is -2.00. The van der Waals surface area contributed by atoms with Crippen LogP contribution in [0.2, 0.25) is 0 Å². The maximum Gasteiger partial charge on any atom is 0.411 e. The Balaban J connectivity index is 2.26. The number of aromatic nitrogens is 1. The topological polar surface area (TPSA) is 58.5 Å². The van der Waals surface area contributed by atoms with Crippen LogP contribution in [0.5, 0.6) is 0 Å². The van der Waals surface area contributed by atoms with Crippen molar-refractivity contribution in [2.24, 2.45) is 4.99 Å². The Kier molecular flexibility index (Phi) is 8.18. The highest BCUT2D eigenvalue weighted by Crippen LogP contribution is 2.14. The molecule has 0 aliphatic rings. The molecule has 0 atom stereocenters. The number of alkyl halides is 3. The first-order chi connectivity index (χ1) is 10.4. The summed E-state index contributed by atoms with van der Waals surface area (Å²) < 4.78 is 40.2. The molecule has 22 heavy (non-hydrogen) atoms. The number of guanidine groups is 1. The van der Waals surface area contributed by atoms with Gasteiger partial charge in [0.25, 0.3) is 0 Å². The van der Waals surface area contributed by atoms with Crippen molar-refractivity contribution >= 4 is 17.3 Å². The Morgan fingerprint density at radius 2 is 2.18 bits per heavy atom. The van der Waals surface area contributed by atoms with Crippen LogP contribution >= 0.6 is 11.3 Å². The zero-order valence-electron chi connectivity index (χ0n) is 12.7. The molecule has 9 heteroatoms. The smallest absolute Gasteiger partial charge is 0.372 e. The number of hydrogen-bond acceptors (Lipinski definition) is 4. The van der Waals surface area contributed by atoms with Crippen molar-refractivity contribution in [1.29, 1.82) is 0 Å². The molecule has 1 rings (SSSR count). The average molecular weight is 338 g/mol. The molecule has 0 radical (unpaired) electrons. The van der Waals surface area contributed by atoms with Crippen LogP contribution in [0, 0.1) is 6.92 Å². The fourth-order valence-electron chi connectivity index (χ4n) is 1.53. The number of aliphatic imine (C=N–C) groups is 1. The van der Waals surface area contributed by atoms with E-state index in [4.69, 9.17) is 0 Å². The van der Waals surface area contributed by atoms with Gasteiger partial charge in [-0.05, 0) is 20.3 Å². The van der Waals surface area contributed by atoms with Gasteiger partial charge in [-0.1, -0.05) is 0 Å². The van der Waals surface area contributed by atoms with Crippen LogP contribution in [-0.4, -0.2) is 43.4 Å². The normalized spacial score (nSPS) is 12.5. The maximum atomic E-state index is 11.9. The lowest BCUT2D eigenvalue weighted by atomic mass is 10.4. The molecular formula is C13H21F3N4OS. The van der Waals surface area contributed by atoms with E-state index in [9.17, 15) is 13.2 Å². The molecule has 0 amide bonds. The molecular weight excluding hydrogens is 317 g/mol. The quantitative estimate of drug-likeness (QED) is 0.434. The molecule has 0 aliphatic heterocycles. The molecule has 0 fully saturated rings. The second-order valence-electron chi connectivity index (χ2n) is 4.51. The van der Waals surface area contributed by atoms with E-state index in [1.807, 2.05) is 13.8 Å². The van der Waals surface area contributed by atoms with E-state index in [1.165, 1.54) is 0 Å². The van der Waals surface area contributed by atoms with Crippen LogP contribution in [0.1, 0.15) is 23.2 Å². The summed E-state index contributed by atoms with van der Waals surface area (Å²) in [5.74, 6) is 0.617. The van der Waals surface area contributed by atoms with E-state index in [0.29, 0.717) is 32.0 Å². The number of halogens is 3. The number of hydrogen-bond donors (Lipinski definition) is 2. The van der Waals surface area contributed by atoms with Crippen LogP contribution in [0.4, 0.5) is 13.2 Å². The number of aryl methyl sites for hydroxylation is 1. The zero-order chi connectivity index (χ0) is 16.4. The molecule has 5 nitrogen and oxygen atoms in total. The Morgan fingerprint density at radius 3 is 2.77 bits per heavy atom. The number of nitrogens with zero attached hydrogens (tertiary/aromatic N) is 2. The monoisotopic (exact) mass is 338 g/mol. The van der Waals surface area contributed by atoms with Crippen molar-refractivity contribution in [3.05, 3.63) is 16.1 Å². The van der Waals surface area contributed by atoms with Crippen LogP contribution in [0.25, 0.3) is 0 Å². The summed E-state index contributed by atoms with van der Waals surface area (Å²) in [6.45, 7) is 4.43. The summed E-state index contributed by atoms with van der Waals surface area (Å²) in [4.78, 5) is 9.73. The predicted octanol–water partition coefficient (Wildman–Crippen LogP) is 2.48. The van der Waals surface area contributed by atoms with E-state index in [2.05, 4.69) is 25.3 Å². The second kappa shape index (κ2) is 9.62. The Bertz CT molecular complexity index is 462. The van der Waals surface area contributed by atoms with E-state index in [0.717, 1.165) is 9.88 Å². The molecule has 0 aliphatic carbocycles. The number of nitrogens with one attached hydrogen (secondary N) is 2. The summed E-state index contributed by atoms with van der Waals surface area (Å²) in [6, 6.07) is 0. The fraction of sp³-hybridized carbons (Fsp3) is 0.692. The SMILES string of the molecule is CCNC(=NCc1ncc(C)s1)NCCCOCC(F)(F)F. The first-order valence-electron chi connectivity index (χ1n) is 6.98. The molecule has 0 unspecified atom stereocenters. The van der Waals surface area contributed by atoms with Gasteiger partial charge in [0.15, 0.2) is 5.96 Å². The molecule has 1 aromatic rings. The van der Waals surface area contributed by atoms with Crippen molar-refractivity contribution in [2.75, 3.05) is 26.3 Å². The summed E-state index contributed by atoms with van der Waals surface area (Å²) in [5, 5.41) is 7.04. The molecule has 126 valence electrons. The zero-order valence-corrected chi connectivity index (χ0v) is 13.5. The maximum absolute atomic E-state index is 11.9. The minimum atomic E-state index is -4.27. The fourth-order valence-corrected chi connectivity index (χ4v) is 2.24. The van der Waals surface area contributed by atoms with Gasteiger partial charge < -0.3 is 15.4 Å². The van der Waals surface area contributed by atoms with Gasteiger partial charge in [0.1, 0.15) is 11.6 Å². The highest BCUT2D eigenvalue weighted by Gasteiger charge is 2.27.